The van der Waals surface area contributed by atoms with Gasteiger partial charge in [0, 0.05) is 0 Å². The lowest BCUT2D eigenvalue weighted by atomic mass is 10.0. The maximum absolute atomic E-state index is 5.24. The van der Waals surface area contributed by atoms with Gasteiger partial charge in [0.15, 0.2) is 0 Å². The normalized spacial score (nSPS) is 18.8. The second kappa shape index (κ2) is 3.52. The second-order valence-corrected chi connectivity index (χ2v) is 3.81. The molecule has 0 aliphatic carbocycles. The smallest absolute Gasteiger partial charge is 0.106 e. The van der Waals surface area contributed by atoms with Crippen molar-refractivity contribution in [3.63, 3.8) is 0 Å². The molecule has 1 heterocycles. The van der Waals surface area contributed by atoms with Crippen molar-refractivity contribution < 1.29 is 4.74 Å². The van der Waals surface area contributed by atoms with E-state index in [1.165, 1.54) is 16.7 Å². The van der Waals surface area contributed by atoms with Gasteiger partial charge in [0.1, 0.15) is 6.10 Å². The molecule has 1 atom stereocenters. The van der Waals surface area contributed by atoms with E-state index in [4.69, 9.17) is 4.74 Å². The first kappa shape index (κ1) is 8.69. The highest BCUT2D eigenvalue weighted by Crippen LogP contribution is 2.31. The van der Waals surface area contributed by atoms with Gasteiger partial charge in [-0.3, -0.25) is 0 Å². The van der Waals surface area contributed by atoms with E-state index < -0.39 is 0 Å². The third kappa shape index (κ3) is 1.79. The van der Waals surface area contributed by atoms with Crippen LogP contribution in [0.1, 0.15) is 11.7 Å². The Balaban J connectivity index is 1.93. The molecule has 0 saturated carbocycles. The minimum absolute atomic E-state index is 0.356. The number of hydrogen-bond acceptors (Lipinski definition) is 1. The lowest BCUT2D eigenvalue weighted by Gasteiger charge is -2.02. The highest BCUT2D eigenvalue weighted by molar-refractivity contribution is 5.63. The molecule has 1 nitrogen and oxygen atoms in total. The Kier molecular flexibility index (Phi) is 2.04. The SMILES string of the molecule is c1ccc(-c2ccc([C@@H]3CO3)cc2)cc1. The zero-order valence-corrected chi connectivity index (χ0v) is 8.39. The molecule has 0 amide bonds. The highest BCUT2D eigenvalue weighted by Gasteiger charge is 2.24. The molecule has 2 aromatic rings. The van der Waals surface area contributed by atoms with Gasteiger partial charge in [-0.1, -0.05) is 54.6 Å². The summed E-state index contributed by atoms with van der Waals surface area (Å²) >= 11 is 0. The summed E-state index contributed by atoms with van der Waals surface area (Å²) in [5, 5.41) is 0. The molecule has 1 saturated heterocycles. The fourth-order valence-corrected chi connectivity index (χ4v) is 1.76. The van der Waals surface area contributed by atoms with Crippen LogP contribution in [0.2, 0.25) is 0 Å². The van der Waals surface area contributed by atoms with Crippen molar-refractivity contribution in [3.8, 4) is 11.1 Å². The molecule has 1 fully saturated rings. The van der Waals surface area contributed by atoms with Gasteiger partial charge in [0.25, 0.3) is 0 Å². The maximum atomic E-state index is 5.24. The molecule has 2 aromatic carbocycles. The Morgan fingerprint density at radius 3 is 2.00 bits per heavy atom. The summed E-state index contributed by atoms with van der Waals surface area (Å²) in [7, 11) is 0. The summed E-state index contributed by atoms with van der Waals surface area (Å²) in [6.07, 6.45) is 0.356. The van der Waals surface area contributed by atoms with Crippen LogP contribution in [0.25, 0.3) is 11.1 Å². The zero-order valence-electron chi connectivity index (χ0n) is 8.39. The van der Waals surface area contributed by atoms with E-state index in [9.17, 15) is 0 Å². The van der Waals surface area contributed by atoms with E-state index in [0.717, 1.165) is 6.61 Å². The van der Waals surface area contributed by atoms with Gasteiger partial charge < -0.3 is 4.74 Å². The van der Waals surface area contributed by atoms with Crippen LogP contribution in [0.3, 0.4) is 0 Å². The van der Waals surface area contributed by atoms with Crippen LogP contribution in [-0.4, -0.2) is 6.61 Å². The van der Waals surface area contributed by atoms with Crippen molar-refractivity contribution in [1.29, 1.82) is 0 Å². The Hall–Kier alpha value is -1.60. The van der Waals surface area contributed by atoms with Crippen LogP contribution in [0, 0.1) is 0 Å². The highest BCUT2D eigenvalue weighted by atomic mass is 16.6. The van der Waals surface area contributed by atoms with Crippen LogP contribution in [0.4, 0.5) is 0 Å². The number of ether oxygens (including phenoxy) is 1. The lowest BCUT2D eigenvalue weighted by Crippen LogP contribution is -1.81. The summed E-state index contributed by atoms with van der Waals surface area (Å²) in [5.41, 5.74) is 3.82. The summed E-state index contributed by atoms with van der Waals surface area (Å²) < 4.78 is 5.24. The zero-order chi connectivity index (χ0) is 10.1. The topological polar surface area (TPSA) is 12.5 Å². The molecule has 15 heavy (non-hydrogen) atoms. The molecule has 0 N–H and O–H groups in total. The fraction of sp³-hybridized carbons (Fsp3) is 0.143. The Morgan fingerprint density at radius 1 is 0.800 bits per heavy atom. The molecular formula is C14H12O. The standard InChI is InChI=1S/C14H12O/c1-2-4-11(5-3-1)12-6-8-13(9-7-12)14-10-15-14/h1-9,14H,10H2/t14-/m0/s1. The van der Waals surface area contributed by atoms with Crippen LogP contribution in [0.5, 0.6) is 0 Å². The summed E-state index contributed by atoms with van der Waals surface area (Å²) in [6.45, 7) is 0.880. The van der Waals surface area contributed by atoms with Crippen molar-refractivity contribution in [2.75, 3.05) is 6.61 Å². The molecule has 74 valence electrons. The second-order valence-electron chi connectivity index (χ2n) is 3.81. The van der Waals surface area contributed by atoms with E-state index in [0.29, 0.717) is 6.10 Å². The van der Waals surface area contributed by atoms with Crippen LogP contribution < -0.4 is 0 Å². The number of rotatable bonds is 2. The largest absolute Gasteiger partial charge is 0.368 e. The Morgan fingerprint density at radius 2 is 1.40 bits per heavy atom. The third-order valence-electron chi connectivity index (χ3n) is 2.72. The van der Waals surface area contributed by atoms with Crippen molar-refractivity contribution in [1.82, 2.24) is 0 Å². The van der Waals surface area contributed by atoms with E-state index in [2.05, 4.69) is 48.5 Å². The predicted molar refractivity (Wildman–Crippen MR) is 60.6 cm³/mol. The molecule has 0 bridgehead atoms. The predicted octanol–water partition coefficient (Wildman–Crippen LogP) is 3.42. The van der Waals surface area contributed by atoms with E-state index in [-0.39, 0.29) is 0 Å². The van der Waals surface area contributed by atoms with Gasteiger partial charge in [0.2, 0.25) is 0 Å². The monoisotopic (exact) mass is 196 g/mol. The first-order chi connectivity index (χ1) is 7.43. The Bertz CT molecular complexity index is 441. The summed E-state index contributed by atoms with van der Waals surface area (Å²) in [4.78, 5) is 0. The number of hydrogen-bond donors (Lipinski definition) is 0. The van der Waals surface area contributed by atoms with Gasteiger partial charge in [-0.05, 0) is 16.7 Å². The van der Waals surface area contributed by atoms with Crippen molar-refractivity contribution in [2.45, 2.75) is 6.10 Å². The van der Waals surface area contributed by atoms with Gasteiger partial charge in [-0.25, -0.2) is 0 Å². The minimum Gasteiger partial charge on any atom is -0.368 e. The van der Waals surface area contributed by atoms with Gasteiger partial charge in [-0.15, -0.1) is 0 Å². The number of epoxide rings is 1. The van der Waals surface area contributed by atoms with E-state index in [1.807, 2.05) is 6.07 Å². The first-order valence-electron chi connectivity index (χ1n) is 5.20. The van der Waals surface area contributed by atoms with Gasteiger partial charge >= 0.3 is 0 Å². The van der Waals surface area contributed by atoms with Crippen LogP contribution in [-0.2, 0) is 4.74 Å². The molecule has 0 aromatic heterocycles. The van der Waals surface area contributed by atoms with Crippen LogP contribution >= 0.6 is 0 Å². The van der Waals surface area contributed by atoms with E-state index in [1.54, 1.807) is 0 Å². The molecule has 0 unspecified atom stereocenters. The Labute approximate surface area is 89.3 Å². The summed E-state index contributed by atoms with van der Waals surface area (Å²) in [5.74, 6) is 0. The molecule has 1 heteroatoms. The van der Waals surface area contributed by atoms with Crippen molar-refractivity contribution in [3.05, 3.63) is 60.2 Å². The minimum atomic E-state index is 0.356. The van der Waals surface area contributed by atoms with Crippen molar-refractivity contribution >= 4 is 0 Å². The van der Waals surface area contributed by atoms with E-state index >= 15 is 0 Å². The van der Waals surface area contributed by atoms with Gasteiger partial charge in [0.05, 0.1) is 6.61 Å². The molecule has 0 radical (unpaired) electrons. The van der Waals surface area contributed by atoms with Crippen LogP contribution in [0.15, 0.2) is 54.6 Å². The summed E-state index contributed by atoms with van der Waals surface area (Å²) in [6, 6.07) is 19.0. The number of benzene rings is 2. The third-order valence-corrected chi connectivity index (χ3v) is 2.72. The van der Waals surface area contributed by atoms with Crippen molar-refractivity contribution in [2.24, 2.45) is 0 Å². The first-order valence-corrected chi connectivity index (χ1v) is 5.20. The quantitative estimate of drug-likeness (QED) is 0.670. The molecule has 3 rings (SSSR count). The molecule has 1 aliphatic heterocycles. The average molecular weight is 196 g/mol. The lowest BCUT2D eigenvalue weighted by molar-refractivity contribution is 0.415. The fourth-order valence-electron chi connectivity index (χ4n) is 1.76. The molecule has 1 aliphatic rings. The maximum Gasteiger partial charge on any atom is 0.106 e. The molecule has 0 spiro atoms. The molecular weight excluding hydrogens is 184 g/mol. The van der Waals surface area contributed by atoms with Gasteiger partial charge in [-0.2, -0.15) is 0 Å². The average Bonchev–Trinajstić information content (AvgIpc) is 3.15.